The average Bonchev–Trinajstić information content (AvgIpc) is 2.67. The maximum Gasteiger partial charge on any atom is 0.311 e. The molecule has 0 spiro atoms. The summed E-state index contributed by atoms with van der Waals surface area (Å²) in [5.74, 6) is -0.0310. The fraction of sp³-hybridized carbons (Fsp3) is 0.333. The molecule has 1 aliphatic heterocycles. The molecule has 3 rings (SSSR count). The summed E-state index contributed by atoms with van der Waals surface area (Å²) in [5.41, 5.74) is 1.03. The van der Waals surface area contributed by atoms with Crippen LogP contribution in [0.5, 0.6) is 0 Å². The van der Waals surface area contributed by atoms with Crippen LogP contribution < -0.4 is 0 Å². The largest absolute Gasteiger partial charge is 0.481 e. The molecule has 4 nitrogen and oxygen atoms in total. The summed E-state index contributed by atoms with van der Waals surface area (Å²) in [5, 5.41) is 9.42. The molecular formula is C21H23NO3S. The summed E-state index contributed by atoms with van der Waals surface area (Å²) in [6, 6.07) is 17.8. The third-order valence-electron chi connectivity index (χ3n) is 4.85. The number of piperidine rings is 1. The number of carbonyl (C=O) groups excluding carboxylic acids is 1. The molecule has 2 aromatic rings. The lowest BCUT2D eigenvalue weighted by Crippen LogP contribution is -2.48. The number of hydrogen-bond donors (Lipinski definition) is 1. The topological polar surface area (TPSA) is 57.6 Å². The number of hydrogen-bond acceptors (Lipinski definition) is 3. The van der Waals surface area contributed by atoms with Gasteiger partial charge in [0.15, 0.2) is 0 Å². The molecule has 1 amide bonds. The fourth-order valence-corrected chi connectivity index (χ4v) is 4.06. The zero-order chi connectivity index (χ0) is 18.6. The SMILES string of the molecule is CC1(C(=O)O)CCCN(C(=O)c2ccc(SCc3ccccc3)cc2)C1. The van der Waals surface area contributed by atoms with E-state index in [1.54, 1.807) is 23.6 Å². The van der Waals surface area contributed by atoms with Gasteiger partial charge in [0.2, 0.25) is 0 Å². The van der Waals surface area contributed by atoms with E-state index in [1.807, 2.05) is 42.5 Å². The van der Waals surface area contributed by atoms with Crippen LogP contribution >= 0.6 is 11.8 Å². The summed E-state index contributed by atoms with van der Waals surface area (Å²) < 4.78 is 0. The van der Waals surface area contributed by atoms with Crippen LogP contribution in [0.3, 0.4) is 0 Å². The van der Waals surface area contributed by atoms with Crippen molar-refractivity contribution in [2.75, 3.05) is 13.1 Å². The van der Waals surface area contributed by atoms with Gasteiger partial charge in [0.05, 0.1) is 5.41 Å². The van der Waals surface area contributed by atoms with Crippen LogP contribution in [0.25, 0.3) is 0 Å². The van der Waals surface area contributed by atoms with Crippen molar-refractivity contribution in [1.82, 2.24) is 4.90 Å². The van der Waals surface area contributed by atoms with Gasteiger partial charge in [0, 0.05) is 29.3 Å². The number of amides is 1. The van der Waals surface area contributed by atoms with E-state index >= 15 is 0 Å². The number of likely N-dealkylation sites (tertiary alicyclic amines) is 1. The summed E-state index contributed by atoms with van der Waals surface area (Å²) >= 11 is 1.73. The molecule has 1 heterocycles. The standard InChI is InChI=1S/C21H23NO3S/c1-21(20(24)25)12-5-13-22(15-21)19(23)17-8-10-18(11-9-17)26-14-16-6-3-2-4-7-16/h2-4,6-11H,5,12-15H2,1H3,(H,24,25). The second-order valence-electron chi connectivity index (χ2n) is 6.99. The maximum absolute atomic E-state index is 12.7. The van der Waals surface area contributed by atoms with Crippen molar-refractivity contribution in [3.05, 3.63) is 65.7 Å². The highest BCUT2D eigenvalue weighted by atomic mass is 32.2. The Bertz CT molecular complexity index is 776. The van der Waals surface area contributed by atoms with Gasteiger partial charge in [-0.2, -0.15) is 0 Å². The zero-order valence-electron chi connectivity index (χ0n) is 14.9. The van der Waals surface area contributed by atoms with E-state index in [0.717, 1.165) is 17.1 Å². The minimum atomic E-state index is -0.848. The molecule has 26 heavy (non-hydrogen) atoms. The van der Waals surface area contributed by atoms with Crippen LogP contribution in [-0.4, -0.2) is 35.0 Å². The number of carbonyl (C=O) groups is 2. The first-order chi connectivity index (χ1) is 12.5. The Morgan fingerprint density at radius 3 is 2.46 bits per heavy atom. The smallest absolute Gasteiger partial charge is 0.311 e. The monoisotopic (exact) mass is 369 g/mol. The molecule has 0 aliphatic carbocycles. The number of aliphatic carboxylic acids is 1. The normalized spacial score (nSPS) is 20.0. The molecular weight excluding hydrogens is 346 g/mol. The van der Waals surface area contributed by atoms with E-state index in [4.69, 9.17) is 0 Å². The van der Waals surface area contributed by atoms with E-state index in [9.17, 15) is 14.7 Å². The summed E-state index contributed by atoms with van der Waals surface area (Å²) in [6.45, 7) is 2.61. The molecule has 1 atom stereocenters. The highest BCUT2D eigenvalue weighted by molar-refractivity contribution is 7.98. The van der Waals surface area contributed by atoms with E-state index in [0.29, 0.717) is 18.5 Å². The Morgan fingerprint density at radius 2 is 1.81 bits per heavy atom. The van der Waals surface area contributed by atoms with Crippen LogP contribution in [-0.2, 0) is 10.5 Å². The van der Waals surface area contributed by atoms with Crippen molar-refractivity contribution in [1.29, 1.82) is 0 Å². The molecule has 1 unspecified atom stereocenters. The van der Waals surface area contributed by atoms with Gasteiger partial charge in [-0.1, -0.05) is 30.3 Å². The lowest BCUT2D eigenvalue weighted by atomic mass is 9.82. The molecule has 1 saturated heterocycles. The number of benzene rings is 2. The molecule has 1 aliphatic rings. The molecule has 1 N–H and O–H groups in total. The van der Waals surface area contributed by atoms with Crippen molar-refractivity contribution >= 4 is 23.6 Å². The quantitative estimate of drug-likeness (QED) is 0.798. The fourth-order valence-electron chi connectivity index (χ4n) is 3.20. The predicted molar refractivity (Wildman–Crippen MR) is 103 cm³/mol. The number of thioether (sulfide) groups is 1. The third kappa shape index (κ3) is 4.28. The Balaban J connectivity index is 1.62. The average molecular weight is 369 g/mol. The Morgan fingerprint density at radius 1 is 1.12 bits per heavy atom. The molecule has 0 saturated carbocycles. The van der Waals surface area contributed by atoms with Crippen molar-refractivity contribution < 1.29 is 14.7 Å². The van der Waals surface area contributed by atoms with Gasteiger partial charge in [-0.05, 0) is 49.6 Å². The minimum Gasteiger partial charge on any atom is -0.481 e. The van der Waals surface area contributed by atoms with E-state index in [2.05, 4.69) is 12.1 Å². The molecule has 1 fully saturated rings. The lowest BCUT2D eigenvalue weighted by Gasteiger charge is -2.37. The van der Waals surface area contributed by atoms with Crippen LogP contribution in [0.1, 0.15) is 35.7 Å². The van der Waals surface area contributed by atoms with Crippen molar-refractivity contribution in [2.45, 2.75) is 30.4 Å². The van der Waals surface area contributed by atoms with E-state index < -0.39 is 11.4 Å². The van der Waals surface area contributed by atoms with Crippen LogP contribution in [0.4, 0.5) is 0 Å². The zero-order valence-corrected chi connectivity index (χ0v) is 15.7. The second-order valence-corrected chi connectivity index (χ2v) is 8.04. The molecule has 136 valence electrons. The molecule has 0 aromatic heterocycles. The lowest BCUT2D eigenvalue weighted by molar-refractivity contribution is -0.150. The van der Waals surface area contributed by atoms with E-state index in [-0.39, 0.29) is 12.5 Å². The Labute approximate surface area is 158 Å². The summed E-state index contributed by atoms with van der Waals surface area (Å²) in [4.78, 5) is 27.0. The van der Waals surface area contributed by atoms with Gasteiger partial charge in [-0.25, -0.2) is 0 Å². The molecule has 5 heteroatoms. The highest BCUT2D eigenvalue weighted by Crippen LogP contribution is 2.31. The van der Waals surface area contributed by atoms with Crippen molar-refractivity contribution in [2.24, 2.45) is 5.41 Å². The molecule has 0 radical (unpaired) electrons. The molecule has 0 bridgehead atoms. The van der Waals surface area contributed by atoms with Gasteiger partial charge in [0.1, 0.15) is 0 Å². The number of carboxylic acids is 1. The number of carboxylic acid groups (broad SMARTS) is 1. The van der Waals surface area contributed by atoms with Crippen LogP contribution in [0.2, 0.25) is 0 Å². The van der Waals surface area contributed by atoms with Crippen molar-refractivity contribution in [3.63, 3.8) is 0 Å². The third-order valence-corrected chi connectivity index (χ3v) is 5.93. The second kappa shape index (κ2) is 7.96. The van der Waals surface area contributed by atoms with Crippen LogP contribution in [0, 0.1) is 5.41 Å². The van der Waals surface area contributed by atoms with Gasteiger partial charge in [0.25, 0.3) is 5.91 Å². The van der Waals surface area contributed by atoms with Gasteiger partial charge in [-0.3, -0.25) is 9.59 Å². The number of rotatable bonds is 5. The van der Waals surface area contributed by atoms with Gasteiger partial charge in [-0.15, -0.1) is 11.8 Å². The Hall–Kier alpha value is -2.27. The summed E-state index contributed by atoms with van der Waals surface area (Å²) in [7, 11) is 0. The van der Waals surface area contributed by atoms with E-state index in [1.165, 1.54) is 5.56 Å². The highest BCUT2D eigenvalue weighted by Gasteiger charge is 2.39. The summed E-state index contributed by atoms with van der Waals surface area (Å²) in [6.07, 6.45) is 1.33. The first-order valence-electron chi connectivity index (χ1n) is 8.77. The van der Waals surface area contributed by atoms with Crippen LogP contribution in [0.15, 0.2) is 59.5 Å². The van der Waals surface area contributed by atoms with Gasteiger partial charge >= 0.3 is 5.97 Å². The first kappa shape index (κ1) is 18.5. The first-order valence-corrected chi connectivity index (χ1v) is 9.76. The molecule has 2 aromatic carbocycles. The minimum absolute atomic E-state index is 0.0863. The number of nitrogens with zero attached hydrogens (tertiary/aromatic N) is 1. The predicted octanol–water partition coefficient (Wildman–Crippen LogP) is 4.31. The van der Waals surface area contributed by atoms with Gasteiger partial charge < -0.3 is 10.0 Å². The Kier molecular flexibility index (Phi) is 5.67. The maximum atomic E-state index is 12.7. The van der Waals surface area contributed by atoms with Crippen molar-refractivity contribution in [3.8, 4) is 0 Å².